The molecular weight excluding hydrogens is 342 g/mol. The number of carbonyl (C=O) groups excluding carboxylic acids is 1. The number of benzene rings is 2. The summed E-state index contributed by atoms with van der Waals surface area (Å²) >= 11 is 0. The first kappa shape index (κ1) is 18.2. The lowest BCUT2D eigenvalue weighted by Crippen LogP contribution is -2.26. The van der Waals surface area contributed by atoms with Crippen LogP contribution in [-0.4, -0.2) is 15.7 Å². The summed E-state index contributed by atoms with van der Waals surface area (Å²) < 4.78 is 1.29. The van der Waals surface area contributed by atoms with Crippen LogP contribution in [0.4, 0.5) is 17.1 Å². The maximum atomic E-state index is 12.3. The van der Waals surface area contributed by atoms with Gasteiger partial charge in [-0.25, -0.2) is 4.68 Å². The molecule has 1 N–H and O–H groups in total. The molecule has 0 aliphatic carbocycles. The van der Waals surface area contributed by atoms with Gasteiger partial charge in [-0.3, -0.25) is 9.59 Å². The highest BCUT2D eigenvalue weighted by Gasteiger charge is 2.10. The number of aryl methyl sites for hydroxylation is 1. The van der Waals surface area contributed by atoms with Crippen molar-refractivity contribution in [3.63, 3.8) is 0 Å². The average Bonchev–Trinajstić information content (AvgIpc) is 2.70. The Labute approximate surface area is 156 Å². The van der Waals surface area contributed by atoms with Crippen molar-refractivity contribution in [2.24, 2.45) is 10.2 Å². The summed E-state index contributed by atoms with van der Waals surface area (Å²) in [6.07, 6.45) is 0.761. The topological polar surface area (TPSA) is 88.7 Å². The van der Waals surface area contributed by atoms with Crippen LogP contribution < -0.4 is 10.9 Å². The molecule has 0 aliphatic heterocycles. The molecular formula is C20H19N5O2. The number of rotatable bonds is 6. The Morgan fingerprint density at radius 1 is 0.963 bits per heavy atom. The van der Waals surface area contributed by atoms with E-state index in [0.29, 0.717) is 17.9 Å². The Morgan fingerprint density at radius 3 is 2.30 bits per heavy atom. The Hall–Kier alpha value is -3.61. The number of aromatic nitrogens is 2. The van der Waals surface area contributed by atoms with Crippen LogP contribution in [0.2, 0.25) is 0 Å². The number of hydrogen-bond donors (Lipinski definition) is 1. The molecule has 7 heteroatoms. The third kappa shape index (κ3) is 4.94. The number of hydrogen-bond acceptors (Lipinski definition) is 5. The zero-order valence-corrected chi connectivity index (χ0v) is 14.9. The summed E-state index contributed by atoms with van der Waals surface area (Å²) in [6.45, 7) is 2.42. The third-order valence-corrected chi connectivity index (χ3v) is 3.70. The lowest BCUT2D eigenvalue weighted by molar-refractivity contribution is 0.102. The van der Waals surface area contributed by atoms with E-state index in [9.17, 15) is 9.59 Å². The van der Waals surface area contributed by atoms with Gasteiger partial charge in [-0.1, -0.05) is 25.1 Å². The molecule has 3 rings (SSSR count). The van der Waals surface area contributed by atoms with Gasteiger partial charge in [-0.15, -0.1) is 0 Å². The van der Waals surface area contributed by atoms with E-state index >= 15 is 0 Å². The van der Waals surface area contributed by atoms with E-state index < -0.39 is 0 Å². The quantitative estimate of drug-likeness (QED) is 0.663. The summed E-state index contributed by atoms with van der Waals surface area (Å²) in [6, 6.07) is 19.2. The summed E-state index contributed by atoms with van der Waals surface area (Å²) in [5, 5.41) is 15.2. The van der Waals surface area contributed by atoms with E-state index in [2.05, 4.69) is 20.6 Å². The van der Waals surface area contributed by atoms with E-state index in [4.69, 9.17) is 0 Å². The predicted molar refractivity (Wildman–Crippen MR) is 104 cm³/mol. The van der Waals surface area contributed by atoms with Gasteiger partial charge in [0.05, 0.1) is 11.4 Å². The van der Waals surface area contributed by atoms with Gasteiger partial charge < -0.3 is 5.32 Å². The van der Waals surface area contributed by atoms with Crippen LogP contribution in [0.25, 0.3) is 0 Å². The van der Waals surface area contributed by atoms with Crippen molar-refractivity contribution in [1.29, 1.82) is 0 Å². The maximum Gasteiger partial charge on any atom is 0.276 e. The molecule has 2 aromatic carbocycles. The number of nitrogens with one attached hydrogen (secondary N) is 1. The first-order valence-corrected chi connectivity index (χ1v) is 8.62. The fraction of sp³-hybridized carbons (Fsp3) is 0.150. The minimum atomic E-state index is -0.376. The summed E-state index contributed by atoms with van der Waals surface area (Å²) in [4.78, 5) is 24.0. The minimum Gasteiger partial charge on any atom is -0.321 e. The van der Waals surface area contributed by atoms with E-state index in [1.165, 1.54) is 16.8 Å². The summed E-state index contributed by atoms with van der Waals surface area (Å²) in [5.41, 5.74) is 2.01. The second-order valence-corrected chi connectivity index (χ2v) is 5.82. The van der Waals surface area contributed by atoms with Gasteiger partial charge in [-0.05, 0) is 48.9 Å². The van der Waals surface area contributed by atoms with Gasteiger partial charge in [0.25, 0.3) is 11.5 Å². The van der Waals surface area contributed by atoms with Crippen molar-refractivity contribution >= 4 is 23.0 Å². The highest BCUT2D eigenvalue weighted by molar-refractivity contribution is 6.02. The molecule has 136 valence electrons. The van der Waals surface area contributed by atoms with Gasteiger partial charge >= 0.3 is 0 Å². The molecule has 0 radical (unpaired) electrons. The molecule has 1 aromatic heterocycles. The molecule has 0 fully saturated rings. The first-order chi connectivity index (χ1) is 13.2. The average molecular weight is 361 g/mol. The van der Waals surface area contributed by atoms with Crippen LogP contribution in [0.3, 0.4) is 0 Å². The Balaban J connectivity index is 1.67. The van der Waals surface area contributed by atoms with Gasteiger partial charge in [0.2, 0.25) is 0 Å². The molecule has 27 heavy (non-hydrogen) atoms. The summed E-state index contributed by atoms with van der Waals surface area (Å²) in [7, 11) is 0. The van der Waals surface area contributed by atoms with Gasteiger partial charge in [0, 0.05) is 18.3 Å². The molecule has 0 aliphatic rings. The van der Waals surface area contributed by atoms with Crippen LogP contribution in [0.1, 0.15) is 23.8 Å². The van der Waals surface area contributed by atoms with E-state index in [1.807, 2.05) is 37.3 Å². The van der Waals surface area contributed by atoms with Crippen LogP contribution in [0.15, 0.2) is 81.8 Å². The Morgan fingerprint density at radius 2 is 1.63 bits per heavy atom. The minimum absolute atomic E-state index is 0.191. The Kier molecular flexibility index (Phi) is 5.84. The zero-order valence-electron chi connectivity index (χ0n) is 14.9. The maximum absolute atomic E-state index is 12.3. The molecule has 1 amide bonds. The normalized spacial score (nSPS) is 10.9. The standard InChI is InChI=1S/C20H19N5O2/c1-2-14-25-19(26)13-12-18(24-25)20(27)21-15-8-10-17(11-9-15)23-22-16-6-4-3-5-7-16/h3-13H,2,14H2,1H3,(H,21,27). The lowest BCUT2D eigenvalue weighted by atomic mass is 10.2. The molecule has 0 spiro atoms. The van der Waals surface area contributed by atoms with E-state index in [0.717, 1.165) is 12.1 Å². The van der Waals surface area contributed by atoms with Crippen molar-refractivity contribution in [1.82, 2.24) is 9.78 Å². The highest BCUT2D eigenvalue weighted by atomic mass is 16.2. The van der Waals surface area contributed by atoms with Crippen molar-refractivity contribution in [2.45, 2.75) is 19.9 Å². The lowest BCUT2D eigenvalue weighted by Gasteiger charge is -2.07. The van der Waals surface area contributed by atoms with Crippen LogP contribution in [0, 0.1) is 0 Å². The molecule has 3 aromatic rings. The van der Waals surface area contributed by atoms with Crippen molar-refractivity contribution in [2.75, 3.05) is 5.32 Å². The smallest absolute Gasteiger partial charge is 0.276 e. The van der Waals surface area contributed by atoms with Gasteiger partial charge in [0.1, 0.15) is 5.69 Å². The fourth-order valence-electron chi connectivity index (χ4n) is 2.36. The predicted octanol–water partition coefficient (Wildman–Crippen LogP) is 4.32. The molecule has 0 saturated heterocycles. The number of amides is 1. The second-order valence-electron chi connectivity index (χ2n) is 5.82. The summed E-state index contributed by atoms with van der Waals surface area (Å²) in [5.74, 6) is -0.376. The number of azo groups is 1. The van der Waals surface area contributed by atoms with Crippen molar-refractivity contribution in [3.05, 3.63) is 82.8 Å². The molecule has 0 atom stereocenters. The number of anilines is 1. The third-order valence-electron chi connectivity index (χ3n) is 3.70. The van der Waals surface area contributed by atoms with Crippen LogP contribution in [0.5, 0.6) is 0 Å². The number of carbonyl (C=O) groups is 1. The second kappa shape index (κ2) is 8.66. The van der Waals surface area contributed by atoms with Gasteiger partial charge in [-0.2, -0.15) is 15.3 Å². The Bertz CT molecular complexity index is 995. The molecule has 7 nitrogen and oxygen atoms in total. The SMILES string of the molecule is CCCn1nc(C(=O)Nc2ccc(N=Nc3ccccc3)cc2)ccc1=O. The van der Waals surface area contributed by atoms with E-state index in [-0.39, 0.29) is 17.2 Å². The molecule has 0 bridgehead atoms. The van der Waals surface area contributed by atoms with Crippen molar-refractivity contribution < 1.29 is 4.79 Å². The molecule has 0 saturated carbocycles. The molecule has 1 heterocycles. The van der Waals surface area contributed by atoms with Crippen molar-refractivity contribution in [3.8, 4) is 0 Å². The highest BCUT2D eigenvalue weighted by Crippen LogP contribution is 2.20. The number of nitrogens with zero attached hydrogens (tertiary/aromatic N) is 4. The van der Waals surface area contributed by atoms with Crippen LogP contribution >= 0.6 is 0 Å². The first-order valence-electron chi connectivity index (χ1n) is 8.62. The largest absolute Gasteiger partial charge is 0.321 e. The van der Waals surface area contributed by atoms with Crippen LogP contribution in [-0.2, 0) is 6.54 Å². The monoisotopic (exact) mass is 361 g/mol. The fourth-order valence-corrected chi connectivity index (χ4v) is 2.36. The molecule has 0 unspecified atom stereocenters. The van der Waals surface area contributed by atoms with Gasteiger partial charge in [0.15, 0.2) is 0 Å². The van der Waals surface area contributed by atoms with E-state index in [1.54, 1.807) is 24.3 Å². The zero-order chi connectivity index (χ0) is 19.1.